The summed E-state index contributed by atoms with van der Waals surface area (Å²) in [7, 11) is 1.62. The van der Waals surface area contributed by atoms with Gasteiger partial charge >= 0.3 is 0 Å². The third-order valence-electron chi connectivity index (χ3n) is 2.09. The van der Waals surface area contributed by atoms with Crippen LogP contribution in [0.2, 0.25) is 0 Å². The SMILES string of the molecule is CCc1c(OC)cccc1C(C)=O. The Balaban J connectivity index is 3.27. The van der Waals surface area contributed by atoms with E-state index in [4.69, 9.17) is 4.74 Å². The second-order valence-electron chi connectivity index (χ2n) is 2.90. The summed E-state index contributed by atoms with van der Waals surface area (Å²) < 4.78 is 5.17. The van der Waals surface area contributed by atoms with E-state index >= 15 is 0 Å². The fourth-order valence-corrected chi connectivity index (χ4v) is 1.45. The number of hydrogen-bond donors (Lipinski definition) is 0. The van der Waals surface area contributed by atoms with Crippen molar-refractivity contribution in [3.8, 4) is 5.75 Å². The highest BCUT2D eigenvalue weighted by atomic mass is 16.5. The zero-order chi connectivity index (χ0) is 9.84. The summed E-state index contributed by atoms with van der Waals surface area (Å²) in [6, 6.07) is 5.56. The van der Waals surface area contributed by atoms with Crippen molar-refractivity contribution in [2.24, 2.45) is 0 Å². The van der Waals surface area contributed by atoms with Crippen molar-refractivity contribution < 1.29 is 9.53 Å². The summed E-state index contributed by atoms with van der Waals surface area (Å²) in [5.41, 5.74) is 1.76. The van der Waals surface area contributed by atoms with Crippen molar-refractivity contribution in [1.29, 1.82) is 0 Å². The number of rotatable bonds is 3. The third kappa shape index (κ3) is 1.89. The highest BCUT2D eigenvalue weighted by molar-refractivity contribution is 5.96. The Labute approximate surface area is 78.5 Å². The van der Waals surface area contributed by atoms with E-state index in [0.717, 1.165) is 23.3 Å². The van der Waals surface area contributed by atoms with E-state index in [0.29, 0.717) is 0 Å². The largest absolute Gasteiger partial charge is 0.496 e. The summed E-state index contributed by atoms with van der Waals surface area (Å²) in [6.07, 6.45) is 0.818. The molecule has 0 fully saturated rings. The molecule has 70 valence electrons. The number of benzene rings is 1. The number of ketones is 1. The first-order valence-corrected chi connectivity index (χ1v) is 4.37. The molecule has 13 heavy (non-hydrogen) atoms. The van der Waals surface area contributed by atoms with Gasteiger partial charge in [0.1, 0.15) is 5.75 Å². The molecular weight excluding hydrogens is 164 g/mol. The van der Waals surface area contributed by atoms with Gasteiger partial charge in [-0.15, -0.1) is 0 Å². The fourth-order valence-electron chi connectivity index (χ4n) is 1.45. The van der Waals surface area contributed by atoms with Gasteiger partial charge < -0.3 is 4.74 Å². The van der Waals surface area contributed by atoms with Crippen LogP contribution >= 0.6 is 0 Å². The maximum Gasteiger partial charge on any atom is 0.160 e. The van der Waals surface area contributed by atoms with E-state index in [1.165, 1.54) is 0 Å². The van der Waals surface area contributed by atoms with Crippen LogP contribution in [0.15, 0.2) is 18.2 Å². The van der Waals surface area contributed by atoms with Crippen LogP contribution in [0.3, 0.4) is 0 Å². The van der Waals surface area contributed by atoms with Gasteiger partial charge in [-0.2, -0.15) is 0 Å². The predicted octanol–water partition coefficient (Wildman–Crippen LogP) is 2.46. The van der Waals surface area contributed by atoms with Crippen LogP contribution in [0.25, 0.3) is 0 Å². The summed E-state index contributed by atoms with van der Waals surface area (Å²) in [4.78, 5) is 11.2. The monoisotopic (exact) mass is 178 g/mol. The van der Waals surface area contributed by atoms with E-state index in [9.17, 15) is 4.79 Å². The van der Waals surface area contributed by atoms with Crippen molar-refractivity contribution in [2.45, 2.75) is 20.3 Å². The Morgan fingerprint density at radius 3 is 2.62 bits per heavy atom. The highest BCUT2D eigenvalue weighted by Crippen LogP contribution is 2.22. The van der Waals surface area contributed by atoms with Crippen molar-refractivity contribution in [3.63, 3.8) is 0 Å². The number of hydrogen-bond acceptors (Lipinski definition) is 2. The maximum atomic E-state index is 11.2. The van der Waals surface area contributed by atoms with E-state index in [-0.39, 0.29) is 5.78 Å². The fraction of sp³-hybridized carbons (Fsp3) is 0.364. The van der Waals surface area contributed by atoms with Gasteiger partial charge in [-0.1, -0.05) is 19.1 Å². The molecule has 1 aromatic rings. The molecule has 1 aromatic carbocycles. The lowest BCUT2D eigenvalue weighted by molar-refractivity contribution is 0.101. The Kier molecular flexibility index (Phi) is 3.07. The summed E-state index contributed by atoms with van der Waals surface area (Å²) >= 11 is 0. The van der Waals surface area contributed by atoms with Gasteiger partial charge in [-0.05, 0) is 19.4 Å². The lowest BCUT2D eigenvalue weighted by Gasteiger charge is -2.09. The molecule has 0 saturated carbocycles. The molecule has 0 spiro atoms. The number of ether oxygens (including phenoxy) is 1. The molecule has 0 saturated heterocycles. The van der Waals surface area contributed by atoms with Gasteiger partial charge in [0.2, 0.25) is 0 Å². The van der Waals surface area contributed by atoms with Crippen molar-refractivity contribution in [1.82, 2.24) is 0 Å². The summed E-state index contributed by atoms with van der Waals surface area (Å²) in [6.45, 7) is 3.60. The molecule has 0 aliphatic carbocycles. The van der Waals surface area contributed by atoms with Crippen LogP contribution in [0.1, 0.15) is 29.8 Å². The third-order valence-corrected chi connectivity index (χ3v) is 2.09. The molecule has 0 amide bonds. The van der Waals surface area contributed by atoms with Gasteiger partial charge in [0.15, 0.2) is 5.78 Å². The van der Waals surface area contributed by atoms with E-state index < -0.39 is 0 Å². The van der Waals surface area contributed by atoms with Crippen LogP contribution < -0.4 is 4.74 Å². The van der Waals surface area contributed by atoms with Gasteiger partial charge in [0.05, 0.1) is 7.11 Å². The zero-order valence-electron chi connectivity index (χ0n) is 8.26. The van der Waals surface area contributed by atoms with Gasteiger partial charge in [0, 0.05) is 11.1 Å². The standard InChI is InChI=1S/C11H14O2/c1-4-9-10(8(2)12)6-5-7-11(9)13-3/h5-7H,4H2,1-3H3. The summed E-state index contributed by atoms with van der Waals surface area (Å²) in [5, 5.41) is 0. The second kappa shape index (κ2) is 4.08. The number of methoxy groups -OCH3 is 1. The van der Waals surface area contributed by atoms with Crippen LogP contribution in [0.5, 0.6) is 5.75 Å². The predicted molar refractivity (Wildman–Crippen MR) is 52.4 cm³/mol. The van der Waals surface area contributed by atoms with Crippen molar-refractivity contribution in [3.05, 3.63) is 29.3 Å². The van der Waals surface area contributed by atoms with Gasteiger partial charge in [0.25, 0.3) is 0 Å². The molecule has 0 aliphatic rings. The van der Waals surface area contributed by atoms with Crippen LogP contribution in [-0.2, 0) is 6.42 Å². The van der Waals surface area contributed by atoms with Crippen LogP contribution in [0, 0.1) is 0 Å². The average Bonchev–Trinajstić information content (AvgIpc) is 2.16. The second-order valence-corrected chi connectivity index (χ2v) is 2.90. The molecule has 1 rings (SSSR count). The minimum atomic E-state index is 0.0933. The normalized spacial score (nSPS) is 9.77. The number of carbonyl (C=O) groups excluding carboxylic acids is 1. The molecule has 2 heteroatoms. The topological polar surface area (TPSA) is 26.3 Å². The first kappa shape index (κ1) is 9.78. The van der Waals surface area contributed by atoms with E-state index in [2.05, 4.69) is 0 Å². The Bertz CT molecular complexity index is 316. The lowest BCUT2D eigenvalue weighted by atomic mass is 10.0. The first-order chi connectivity index (χ1) is 6.20. The minimum Gasteiger partial charge on any atom is -0.496 e. The summed E-state index contributed by atoms with van der Waals surface area (Å²) in [5.74, 6) is 0.894. The Hall–Kier alpha value is -1.31. The Morgan fingerprint density at radius 1 is 1.46 bits per heavy atom. The average molecular weight is 178 g/mol. The number of carbonyl (C=O) groups is 1. The van der Waals surface area contributed by atoms with Crippen molar-refractivity contribution >= 4 is 5.78 Å². The van der Waals surface area contributed by atoms with Crippen LogP contribution in [0.4, 0.5) is 0 Å². The van der Waals surface area contributed by atoms with E-state index in [1.54, 1.807) is 14.0 Å². The van der Waals surface area contributed by atoms with Crippen molar-refractivity contribution in [2.75, 3.05) is 7.11 Å². The molecular formula is C11H14O2. The maximum absolute atomic E-state index is 11.2. The van der Waals surface area contributed by atoms with Crippen LogP contribution in [-0.4, -0.2) is 12.9 Å². The first-order valence-electron chi connectivity index (χ1n) is 4.37. The zero-order valence-corrected chi connectivity index (χ0v) is 8.26. The molecule has 0 aliphatic heterocycles. The number of Topliss-reactive ketones (excluding diaryl/α,β-unsaturated/α-hetero) is 1. The minimum absolute atomic E-state index is 0.0933. The van der Waals surface area contributed by atoms with Gasteiger partial charge in [-0.25, -0.2) is 0 Å². The molecule has 0 aromatic heterocycles. The smallest absolute Gasteiger partial charge is 0.160 e. The molecule has 0 atom stereocenters. The quantitative estimate of drug-likeness (QED) is 0.664. The Morgan fingerprint density at radius 2 is 2.15 bits per heavy atom. The molecule has 0 unspecified atom stereocenters. The molecule has 0 radical (unpaired) electrons. The molecule has 2 nitrogen and oxygen atoms in total. The highest BCUT2D eigenvalue weighted by Gasteiger charge is 2.09. The van der Waals surface area contributed by atoms with Gasteiger partial charge in [-0.3, -0.25) is 4.79 Å². The molecule has 0 heterocycles. The molecule has 0 bridgehead atoms. The van der Waals surface area contributed by atoms with E-state index in [1.807, 2.05) is 25.1 Å². The molecule has 0 N–H and O–H groups in total. The lowest BCUT2D eigenvalue weighted by Crippen LogP contribution is -2.01.